The van der Waals surface area contributed by atoms with Crippen molar-refractivity contribution >= 4 is 29.1 Å². The van der Waals surface area contributed by atoms with Crippen LogP contribution < -0.4 is 37.3 Å². The van der Waals surface area contributed by atoms with E-state index in [-0.39, 0.29) is 29.9 Å². The van der Waals surface area contributed by atoms with Gasteiger partial charge in [-0.1, -0.05) is 27.7 Å². The molecule has 0 saturated carbocycles. The molecule has 180 valence electrons. The molecule has 11 heteroatoms. The summed E-state index contributed by atoms with van der Waals surface area (Å²) < 4.78 is 6.35. The van der Waals surface area contributed by atoms with Gasteiger partial charge in [0.05, 0.1) is 13.7 Å². The van der Waals surface area contributed by atoms with Crippen molar-refractivity contribution in [2.45, 2.75) is 34.2 Å². The van der Waals surface area contributed by atoms with Crippen LogP contribution in [0.5, 0.6) is 5.75 Å². The van der Waals surface area contributed by atoms with E-state index in [2.05, 4.69) is 15.6 Å². The molecule has 0 aliphatic heterocycles. The standard InChI is InChI=1S/C22H32N6O5/c1-13(2)10-27(18-19(23)28(11-14(3)4)22(32)26-20(18)30)12-17(29)25-21(31)24-15-6-8-16(33-5)9-7-15/h6-9,13-14H,10-12,23H2,1-5H3,(H,26,30,32)(H2,24,25,29,31). The van der Waals surface area contributed by atoms with Crippen molar-refractivity contribution in [2.75, 3.05) is 36.1 Å². The van der Waals surface area contributed by atoms with E-state index in [4.69, 9.17) is 10.5 Å². The molecule has 2 aromatic rings. The highest BCUT2D eigenvalue weighted by Gasteiger charge is 2.23. The lowest BCUT2D eigenvalue weighted by Gasteiger charge is -2.27. The lowest BCUT2D eigenvalue weighted by Crippen LogP contribution is -2.46. The molecule has 0 atom stereocenters. The first-order valence-electron chi connectivity index (χ1n) is 10.6. The number of carbonyl (C=O) groups is 2. The molecule has 0 bridgehead atoms. The monoisotopic (exact) mass is 460 g/mol. The van der Waals surface area contributed by atoms with Gasteiger partial charge >= 0.3 is 11.7 Å². The predicted octanol–water partition coefficient (Wildman–Crippen LogP) is 1.59. The molecule has 0 unspecified atom stereocenters. The molecule has 1 aromatic heterocycles. The van der Waals surface area contributed by atoms with E-state index >= 15 is 0 Å². The minimum Gasteiger partial charge on any atom is -0.497 e. The number of rotatable bonds is 9. The molecule has 2 rings (SSSR count). The molecule has 0 fully saturated rings. The molecule has 1 heterocycles. The number of nitrogen functional groups attached to an aromatic ring is 1. The summed E-state index contributed by atoms with van der Waals surface area (Å²) >= 11 is 0. The molecule has 3 amide bonds. The number of nitrogens with zero attached hydrogens (tertiary/aromatic N) is 2. The number of hydrogen-bond donors (Lipinski definition) is 4. The number of carbonyl (C=O) groups excluding carboxylic acids is 2. The highest BCUT2D eigenvalue weighted by atomic mass is 16.5. The molecular formula is C22H32N6O5. The van der Waals surface area contributed by atoms with Gasteiger partial charge in [-0.2, -0.15) is 0 Å². The number of hydrogen-bond acceptors (Lipinski definition) is 7. The average molecular weight is 461 g/mol. The quantitative estimate of drug-likeness (QED) is 0.443. The first-order chi connectivity index (χ1) is 15.5. The Hall–Kier alpha value is -3.76. The van der Waals surface area contributed by atoms with Crippen LogP contribution in [0.15, 0.2) is 33.9 Å². The number of anilines is 3. The van der Waals surface area contributed by atoms with E-state index in [0.717, 1.165) is 0 Å². The molecule has 1 aromatic carbocycles. The molecule has 0 spiro atoms. The fraction of sp³-hybridized carbons (Fsp3) is 0.455. The van der Waals surface area contributed by atoms with Crippen molar-refractivity contribution in [1.29, 1.82) is 0 Å². The van der Waals surface area contributed by atoms with Crippen LogP contribution in [0.25, 0.3) is 0 Å². The number of nitrogens with two attached hydrogens (primary N) is 1. The third-order valence-electron chi connectivity index (χ3n) is 4.60. The Bertz CT molecular complexity index is 1090. The van der Waals surface area contributed by atoms with Gasteiger partial charge in [0, 0.05) is 18.8 Å². The second-order valence-corrected chi connectivity index (χ2v) is 8.50. The van der Waals surface area contributed by atoms with Crippen LogP contribution in [0.1, 0.15) is 27.7 Å². The number of aromatic nitrogens is 2. The highest BCUT2D eigenvalue weighted by molar-refractivity contribution is 6.02. The molecule has 11 nitrogen and oxygen atoms in total. The van der Waals surface area contributed by atoms with Crippen LogP contribution >= 0.6 is 0 Å². The van der Waals surface area contributed by atoms with Gasteiger partial charge in [-0.3, -0.25) is 24.5 Å². The maximum absolute atomic E-state index is 12.6. The SMILES string of the molecule is COc1ccc(NC(=O)NC(=O)CN(CC(C)C)c2c(N)n(CC(C)C)c(=O)[nH]c2=O)cc1. The number of aromatic amines is 1. The van der Waals surface area contributed by atoms with Gasteiger partial charge in [-0.05, 0) is 36.1 Å². The van der Waals surface area contributed by atoms with Crippen LogP contribution in [0.4, 0.5) is 22.0 Å². The number of ether oxygens (including phenoxy) is 1. The molecule has 5 N–H and O–H groups in total. The zero-order valence-corrected chi connectivity index (χ0v) is 19.6. The van der Waals surface area contributed by atoms with E-state index in [1.807, 2.05) is 27.7 Å². The summed E-state index contributed by atoms with van der Waals surface area (Å²) in [6.45, 7) is 7.96. The lowest BCUT2D eigenvalue weighted by molar-refractivity contribution is -0.118. The first-order valence-corrected chi connectivity index (χ1v) is 10.6. The van der Waals surface area contributed by atoms with Crippen LogP contribution in [0, 0.1) is 11.8 Å². The number of H-pyrrole nitrogens is 1. The number of benzene rings is 1. The molecule has 33 heavy (non-hydrogen) atoms. The molecular weight excluding hydrogens is 428 g/mol. The highest BCUT2D eigenvalue weighted by Crippen LogP contribution is 2.19. The number of methoxy groups -OCH3 is 1. The van der Waals surface area contributed by atoms with Gasteiger partial charge in [0.15, 0.2) is 0 Å². The summed E-state index contributed by atoms with van der Waals surface area (Å²) in [6.07, 6.45) is 0. The summed E-state index contributed by atoms with van der Waals surface area (Å²) in [4.78, 5) is 53.4. The summed E-state index contributed by atoms with van der Waals surface area (Å²) in [5, 5.41) is 4.80. The first kappa shape index (κ1) is 25.5. The van der Waals surface area contributed by atoms with E-state index in [0.29, 0.717) is 24.5 Å². The van der Waals surface area contributed by atoms with Gasteiger partial charge in [0.1, 0.15) is 17.3 Å². The fourth-order valence-electron chi connectivity index (χ4n) is 3.28. The van der Waals surface area contributed by atoms with Crippen molar-refractivity contribution in [1.82, 2.24) is 14.9 Å². The fourth-order valence-corrected chi connectivity index (χ4v) is 3.28. The summed E-state index contributed by atoms with van der Waals surface area (Å²) in [7, 11) is 1.53. The van der Waals surface area contributed by atoms with Crippen molar-refractivity contribution in [3.8, 4) is 5.75 Å². The Morgan fingerprint density at radius 3 is 2.30 bits per heavy atom. The minimum atomic E-state index is -0.721. The van der Waals surface area contributed by atoms with E-state index in [9.17, 15) is 19.2 Å². The van der Waals surface area contributed by atoms with E-state index in [1.54, 1.807) is 24.3 Å². The summed E-state index contributed by atoms with van der Waals surface area (Å²) in [5.74, 6) is 0.140. The average Bonchev–Trinajstić information content (AvgIpc) is 2.70. The molecule has 0 aliphatic carbocycles. The van der Waals surface area contributed by atoms with Gasteiger partial charge < -0.3 is 20.7 Å². The Kier molecular flexibility index (Phi) is 8.66. The van der Waals surface area contributed by atoms with Crippen molar-refractivity contribution in [2.24, 2.45) is 11.8 Å². The topological polar surface area (TPSA) is 152 Å². The Morgan fingerprint density at radius 2 is 1.76 bits per heavy atom. The van der Waals surface area contributed by atoms with E-state index in [1.165, 1.54) is 16.6 Å². The predicted molar refractivity (Wildman–Crippen MR) is 128 cm³/mol. The van der Waals surface area contributed by atoms with Gasteiger partial charge in [0.2, 0.25) is 5.91 Å². The normalized spacial score (nSPS) is 10.9. The number of urea groups is 1. The van der Waals surface area contributed by atoms with E-state index < -0.39 is 23.2 Å². The second-order valence-electron chi connectivity index (χ2n) is 8.50. The third-order valence-corrected chi connectivity index (χ3v) is 4.60. The Morgan fingerprint density at radius 1 is 1.12 bits per heavy atom. The zero-order chi connectivity index (χ0) is 24.7. The van der Waals surface area contributed by atoms with Crippen molar-refractivity contribution < 1.29 is 14.3 Å². The molecule has 0 radical (unpaired) electrons. The van der Waals surface area contributed by atoms with Gasteiger partial charge in [0.25, 0.3) is 5.56 Å². The van der Waals surface area contributed by atoms with Crippen LogP contribution in [-0.4, -0.2) is 41.7 Å². The number of amides is 3. The zero-order valence-electron chi connectivity index (χ0n) is 19.6. The van der Waals surface area contributed by atoms with Gasteiger partial charge in [-0.25, -0.2) is 9.59 Å². The van der Waals surface area contributed by atoms with Crippen LogP contribution in [0.3, 0.4) is 0 Å². The largest absolute Gasteiger partial charge is 0.497 e. The van der Waals surface area contributed by atoms with Gasteiger partial charge in [-0.15, -0.1) is 0 Å². The van der Waals surface area contributed by atoms with Crippen molar-refractivity contribution in [3.05, 3.63) is 45.1 Å². The second kappa shape index (κ2) is 11.2. The number of imide groups is 1. The lowest BCUT2D eigenvalue weighted by atomic mass is 10.2. The Balaban J connectivity index is 2.21. The van der Waals surface area contributed by atoms with Crippen LogP contribution in [0.2, 0.25) is 0 Å². The summed E-state index contributed by atoms with van der Waals surface area (Å²) in [6, 6.07) is 5.88. The van der Waals surface area contributed by atoms with Crippen molar-refractivity contribution in [3.63, 3.8) is 0 Å². The molecule has 0 aliphatic rings. The number of nitrogens with one attached hydrogen (secondary N) is 3. The maximum Gasteiger partial charge on any atom is 0.330 e. The third kappa shape index (κ3) is 7.13. The maximum atomic E-state index is 12.6. The summed E-state index contributed by atoms with van der Waals surface area (Å²) in [5.41, 5.74) is 5.39. The van der Waals surface area contributed by atoms with Crippen LogP contribution in [-0.2, 0) is 11.3 Å². The molecule has 0 saturated heterocycles. The smallest absolute Gasteiger partial charge is 0.330 e. The Labute approximate surface area is 191 Å². The minimum absolute atomic E-state index is 0.0198.